The lowest BCUT2D eigenvalue weighted by Crippen LogP contribution is -2.47. The fourth-order valence-electron chi connectivity index (χ4n) is 3.54. The number of esters is 1. The van der Waals surface area contributed by atoms with Crippen molar-refractivity contribution in [1.82, 2.24) is 9.80 Å². The van der Waals surface area contributed by atoms with Crippen LogP contribution in [0.5, 0.6) is 0 Å². The predicted octanol–water partition coefficient (Wildman–Crippen LogP) is 2.95. The van der Waals surface area contributed by atoms with E-state index in [2.05, 4.69) is 29.2 Å². The van der Waals surface area contributed by atoms with Crippen molar-refractivity contribution in [3.63, 3.8) is 0 Å². The van der Waals surface area contributed by atoms with Gasteiger partial charge in [-0.2, -0.15) is 0 Å². The van der Waals surface area contributed by atoms with Gasteiger partial charge in [-0.15, -0.1) is 0 Å². The van der Waals surface area contributed by atoms with Crippen molar-refractivity contribution in [2.45, 2.75) is 31.8 Å². The topological polar surface area (TPSA) is 63.0 Å². The van der Waals surface area contributed by atoms with Crippen LogP contribution in [0, 0.1) is 0 Å². The summed E-state index contributed by atoms with van der Waals surface area (Å²) < 4.78 is 10.0. The third-order valence-electron chi connectivity index (χ3n) is 5.02. The van der Waals surface area contributed by atoms with Gasteiger partial charge in [0.2, 0.25) is 0 Å². The molecule has 0 spiro atoms. The lowest BCUT2D eigenvalue weighted by Gasteiger charge is -2.38. The van der Waals surface area contributed by atoms with Crippen LogP contribution in [0.2, 0.25) is 0 Å². The Bertz CT molecular complexity index is 722. The molecule has 0 N–H and O–H groups in total. The predicted molar refractivity (Wildman–Crippen MR) is 101 cm³/mol. The van der Waals surface area contributed by atoms with E-state index in [1.54, 1.807) is 17.0 Å². The van der Waals surface area contributed by atoms with Crippen molar-refractivity contribution in [3.8, 4) is 0 Å². The molecule has 27 heavy (non-hydrogen) atoms. The Labute approximate surface area is 159 Å². The maximum atomic E-state index is 12.8. The molecule has 2 heterocycles. The fourth-order valence-corrected chi connectivity index (χ4v) is 3.54. The van der Waals surface area contributed by atoms with Gasteiger partial charge in [0.1, 0.15) is 0 Å². The summed E-state index contributed by atoms with van der Waals surface area (Å²) in [6.07, 6.45) is 3.43. The number of carbonyl (C=O) groups is 2. The lowest BCUT2D eigenvalue weighted by molar-refractivity contribution is -0.140. The number of hydrogen-bond donors (Lipinski definition) is 0. The van der Waals surface area contributed by atoms with E-state index in [1.807, 2.05) is 6.07 Å². The summed E-state index contributed by atoms with van der Waals surface area (Å²) >= 11 is 0. The number of benzene rings is 1. The first kappa shape index (κ1) is 19.2. The third-order valence-corrected chi connectivity index (χ3v) is 5.02. The molecule has 0 bridgehead atoms. The van der Waals surface area contributed by atoms with Crippen molar-refractivity contribution in [1.29, 1.82) is 0 Å². The zero-order valence-electron chi connectivity index (χ0n) is 15.7. The van der Waals surface area contributed by atoms with Crippen molar-refractivity contribution in [2.75, 3.05) is 26.7 Å². The zero-order chi connectivity index (χ0) is 19.1. The molecule has 1 amide bonds. The number of carbonyl (C=O) groups excluding carboxylic acids is 2. The van der Waals surface area contributed by atoms with Crippen LogP contribution < -0.4 is 0 Å². The summed E-state index contributed by atoms with van der Waals surface area (Å²) in [5, 5.41) is 0. The van der Waals surface area contributed by atoms with Crippen LogP contribution in [0.15, 0.2) is 53.1 Å². The number of hydrogen-bond acceptors (Lipinski definition) is 5. The highest BCUT2D eigenvalue weighted by molar-refractivity contribution is 5.92. The smallest absolute Gasteiger partial charge is 0.307 e. The summed E-state index contributed by atoms with van der Waals surface area (Å²) in [6.45, 7) is 3.09. The average Bonchev–Trinajstić information content (AvgIpc) is 3.24. The van der Waals surface area contributed by atoms with Gasteiger partial charge in [0.25, 0.3) is 5.91 Å². The number of piperidine rings is 1. The first-order chi connectivity index (χ1) is 13.2. The number of ether oxygens (including phenoxy) is 1. The first-order valence-corrected chi connectivity index (χ1v) is 9.35. The Balaban J connectivity index is 1.61. The molecule has 0 radical (unpaired) electrons. The van der Waals surface area contributed by atoms with Gasteiger partial charge in [-0.1, -0.05) is 30.3 Å². The molecule has 0 unspecified atom stereocenters. The highest BCUT2D eigenvalue weighted by Crippen LogP contribution is 2.21. The lowest BCUT2D eigenvalue weighted by atomic mass is 10.0. The summed E-state index contributed by atoms with van der Waals surface area (Å²) in [5.74, 6) is -0.161. The Kier molecular flexibility index (Phi) is 6.65. The van der Waals surface area contributed by atoms with Gasteiger partial charge in [-0.05, 0) is 30.5 Å². The normalized spacial score (nSPS) is 15.4. The number of methoxy groups -OCH3 is 1. The summed E-state index contributed by atoms with van der Waals surface area (Å²) in [5.41, 5.74) is 1.30. The van der Waals surface area contributed by atoms with Crippen molar-refractivity contribution >= 4 is 11.9 Å². The van der Waals surface area contributed by atoms with Crippen LogP contribution in [0.3, 0.4) is 0 Å². The van der Waals surface area contributed by atoms with E-state index in [-0.39, 0.29) is 24.3 Å². The van der Waals surface area contributed by atoms with Crippen molar-refractivity contribution in [2.24, 2.45) is 0 Å². The molecule has 3 rings (SSSR count). The summed E-state index contributed by atoms with van der Waals surface area (Å²) in [4.78, 5) is 28.6. The Morgan fingerprint density at radius 3 is 2.52 bits per heavy atom. The van der Waals surface area contributed by atoms with Crippen molar-refractivity contribution in [3.05, 3.63) is 60.1 Å². The maximum Gasteiger partial charge on any atom is 0.307 e. The fraction of sp³-hybridized carbons (Fsp3) is 0.429. The molecule has 1 aromatic carbocycles. The van der Waals surface area contributed by atoms with E-state index >= 15 is 0 Å². The quantitative estimate of drug-likeness (QED) is 0.701. The average molecular weight is 370 g/mol. The maximum absolute atomic E-state index is 12.8. The number of nitrogens with zero attached hydrogens (tertiary/aromatic N) is 2. The molecule has 1 aliphatic rings. The molecule has 6 nitrogen and oxygen atoms in total. The monoisotopic (exact) mass is 370 g/mol. The standard InChI is InChI=1S/C21H26N2O4/c1-26-20(24)11-14-23(21(25)19-8-5-15-27-19)18-9-12-22(13-10-18)16-17-6-3-2-4-7-17/h2-8,15,18H,9-14,16H2,1H3. The van der Waals surface area contributed by atoms with Gasteiger partial charge < -0.3 is 14.1 Å². The van der Waals surface area contributed by atoms with E-state index in [9.17, 15) is 9.59 Å². The van der Waals surface area contributed by atoms with Crippen molar-refractivity contribution < 1.29 is 18.7 Å². The van der Waals surface area contributed by atoms with E-state index < -0.39 is 0 Å². The molecule has 1 aliphatic heterocycles. The third kappa shape index (κ3) is 5.20. The SMILES string of the molecule is COC(=O)CCN(C(=O)c1ccco1)C1CCN(Cc2ccccc2)CC1. The van der Waals surface area contributed by atoms with Gasteiger partial charge in [-0.3, -0.25) is 14.5 Å². The Hall–Kier alpha value is -2.60. The summed E-state index contributed by atoms with van der Waals surface area (Å²) in [7, 11) is 1.36. The van der Waals surface area contributed by atoms with Crippen LogP contribution in [-0.2, 0) is 16.1 Å². The van der Waals surface area contributed by atoms with Gasteiger partial charge in [0.05, 0.1) is 19.8 Å². The molecule has 144 valence electrons. The van der Waals surface area contributed by atoms with Gasteiger partial charge in [0, 0.05) is 32.2 Å². The van der Waals surface area contributed by atoms with E-state index in [1.165, 1.54) is 18.9 Å². The van der Waals surface area contributed by atoms with Crippen LogP contribution in [0.4, 0.5) is 0 Å². The molecule has 0 atom stereocenters. The second-order valence-corrected chi connectivity index (χ2v) is 6.79. The number of furan rings is 1. The van der Waals surface area contributed by atoms with E-state index in [0.29, 0.717) is 12.3 Å². The minimum atomic E-state index is -0.311. The molecule has 2 aromatic rings. The second kappa shape index (κ2) is 9.37. The molecule has 0 aliphatic carbocycles. The molecule has 0 saturated carbocycles. The minimum Gasteiger partial charge on any atom is -0.469 e. The molecule has 6 heteroatoms. The van der Waals surface area contributed by atoms with Gasteiger partial charge >= 0.3 is 5.97 Å². The molecule has 1 saturated heterocycles. The second-order valence-electron chi connectivity index (χ2n) is 6.79. The highest BCUT2D eigenvalue weighted by Gasteiger charge is 2.30. The Morgan fingerprint density at radius 2 is 1.89 bits per heavy atom. The number of likely N-dealkylation sites (tertiary alicyclic amines) is 1. The van der Waals surface area contributed by atoms with Crippen LogP contribution in [-0.4, -0.2) is 54.5 Å². The molecule has 1 aromatic heterocycles. The number of rotatable bonds is 7. The number of amides is 1. The molecular formula is C21H26N2O4. The highest BCUT2D eigenvalue weighted by atomic mass is 16.5. The largest absolute Gasteiger partial charge is 0.469 e. The van der Waals surface area contributed by atoms with E-state index in [4.69, 9.17) is 9.15 Å². The van der Waals surface area contributed by atoms with Crippen LogP contribution in [0.25, 0.3) is 0 Å². The zero-order valence-corrected chi connectivity index (χ0v) is 15.7. The van der Waals surface area contributed by atoms with Gasteiger partial charge in [0.15, 0.2) is 5.76 Å². The van der Waals surface area contributed by atoms with E-state index in [0.717, 1.165) is 32.5 Å². The molecule has 1 fully saturated rings. The summed E-state index contributed by atoms with van der Waals surface area (Å²) in [6, 6.07) is 13.9. The molecular weight excluding hydrogens is 344 g/mol. The first-order valence-electron chi connectivity index (χ1n) is 9.35. The minimum absolute atomic E-state index is 0.0966. The van der Waals surface area contributed by atoms with Crippen LogP contribution >= 0.6 is 0 Å². The Morgan fingerprint density at radius 1 is 1.15 bits per heavy atom. The van der Waals surface area contributed by atoms with Crippen LogP contribution in [0.1, 0.15) is 35.4 Å². The van der Waals surface area contributed by atoms with Gasteiger partial charge in [-0.25, -0.2) is 0 Å².